The van der Waals surface area contributed by atoms with E-state index >= 15 is 0 Å². The van der Waals surface area contributed by atoms with Crippen LogP contribution in [0.1, 0.15) is 51.5 Å². The Balaban J connectivity index is 2.45. The molecular formula is C14H23BrN2O. The van der Waals surface area contributed by atoms with Crippen LogP contribution in [0.2, 0.25) is 0 Å². The summed E-state index contributed by atoms with van der Waals surface area (Å²) in [5.74, 6) is 0.670. The molecule has 0 amide bonds. The average Bonchev–Trinajstić information content (AvgIpc) is 2.37. The van der Waals surface area contributed by atoms with Crippen LogP contribution in [0.25, 0.3) is 0 Å². The quantitative estimate of drug-likeness (QED) is 0.737. The summed E-state index contributed by atoms with van der Waals surface area (Å²) in [5, 5.41) is 0. The molecule has 1 rings (SSSR count). The Morgan fingerprint density at radius 1 is 1.39 bits per heavy atom. The number of ether oxygens (including phenoxy) is 1. The van der Waals surface area contributed by atoms with E-state index in [9.17, 15) is 0 Å². The van der Waals surface area contributed by atoms with Crippen LogP contribution in [0, 0.1) is 0 Å². The van der Waals surface area contributed by atoms with Crippen LogP contribution < -0.4 is 10.5 Å². The zero-order valence-corrected chi connectivity index (χ0v) is 12.9. The van der Waals surface area contributed by atoms with Gasteiger partial charge in [0.2, 0.25) is 5.88 Å². The number of hydrogen-bond donors (Lipinski definition) is 1. The fourth-order valence-electron chi connectivity index (χ4n) is 1.83. The Morgan fingerprint density at radius 2 is 2.17 bits per heavy atom. The molecule has 1 aromatic heterocycles. The second kappa shape index (κ2) is 8.48. The van der Waals surface area contributed by atoms with Crippen LogP contribution in [0.4, 0.5) is 0 Å². The summed E-state index contributed by atoms with van der Waals surface area (Å²) in [5.41, 5.74) is 6.64. The monoisotopic (exact) mass is 314 g/mol. The summed E-state index contributed by atoms with van der Waals surface area (Å²) >= 11 is 3.39. The van der Waals surface area contributed by atoms with Gasteiger partial charge in [0.1, 0.15) is 0 Å². The van der Waals surface area contributed by atoms with Crippen molar-refractivity contribution < 1.29 is 4.74 Å². The van der Waals surface area contributed by atoms with Crippen molar-refractivity contribution in [3.05, 3.63) is 22.3 Å². The third kappa shape index (κ3) is 5.36. The van der Waals surface area contributed by atoms with Gasteiger partial charge in [0.05, 0.1) is 6.10 Å². The lowest BCUT2D eigenvalue weighted by molar-refractivity contribution is 0.196. The number of rotatable bonds is 8. The molecule has 0 fully saturated rings. The van der Waals surface area contributed by atoms with Gasteiger partial charge in [-0.1, -0.05) is 26.2 Å². The molecular weight excluding hydrogens is 292 g/mol. The molecule has 0 aliphatic carbocycles. The molecule has 1 heterocycles. The number of nitrogens with zero attached hydrogens (tertiary/aromatic N) is 1. The normalized spacial score (nSPS) is 12.4. The number of halogens is 1. The molecule has 1 unspecified atom stereocenters. The maximum atomic E-state index is 5.86. The molecule has 102 valence electrons. The highest BCUT2D eigenvalue weighted by molar-refractivity contribution is 9.10. The lowest BCUT2D eigenvalue weighted by Gasteiger charge is -2.16. The minimum atomic E-state index is 0.195. The van der Waals surface area contributed by atoms with E-state index in [1.165, 1.54) is 25.7 Å². The summed E-state index contributed by atoms with van der Waals surface area (Å²) in [6.45, 7) is 4.76. The van der Waals surface area contributed by atoms with Crippen LogP contribution in [-0.4, -0.2) is 11.1 Å². The minimum absolute atomic E-state index is 0.195. The Bertz CT molecular complexity index is 358. The van der Waals surface area contributed by atoms with E-state index in [1.807, 2.05) is 6.07 Å². The molecule has 3 nitrogen and oxygen atoms in total. The second-order valence-electron chi connectivity index (χ2n) is 4.60. The predicted molar refractivity (Wildman–Crippen MR) is 78.7 cm³/mol. The van der Waals surface area contributed by atoms with Gasteiger partial charge in [-0.05, 0) is 41.8 Å². The zero-order chi connectivity index (χ0) is 13.4. The lowest BCUT2D eigenvalue weighted by atomic mass is 10.1. The van der Waals surface area contributed by atoms with Gasteiger partial charge >= 0.3 is 0 Å². The molecule has 0 saturated carbocycles. The second-order valence-corrected chi connectivity index (χ2v) is 5.52. The Labute approximate surface area is 118 Å². The molecule has 0 aliphatic rings. The van der Waals surface area contributed by atoms with Crippen molar-refractivity contribution in [1.29, 1.82) is 0 Å². The van der Waals surface area contributed by atoms with Crippen molar-refractivity contribution in [1.82, 2.24) is 4.98 Å². The van der Waals surface area contributed by atoms with Crippen molar-refractivity contribution >= 4 is 15.9 Å². The third-order valence-corrected chi connectivity index (χ3v) is 3.32. The highest BCUT2D eigenvalue weighted by Crippen LogP contribution is 2.21. The highest BCUT2D eigenvalue weighted by atomic mass is 79.9. The molecule has 0 radical (unpaired) electrons. The average molecular weight is 315 g/mol. The van der Waals surface area contributed by atoms with Crippen LogP contribution in [-0.2, 0) is 6.54 Å². The third-order valence-electron chi connectivity index (χ3n) is 2.89. The number of hydrogen-bond acceptors (Lipinski definition) is 3. The van der Waals surface area contributed by atoms with Gasteiger partial charge in [-0.25, -0.2) is 4.98 Å². The molecule has 1 aromatic rings. The first-order valence-corrected chi connectivity index (χ1v) is 7.47. The topological polar surface area (TPSA) is 48.1 Å². The van der Waals surface area contributed by atoms with Crippen molar-refractivity contribution in [3.63, 3.8) is 0 Å². The van der Waals surface area contributed by atoms with E-state index in [0.717, 1.165) is 16.5 Å². The molecule has 2 N–H and O–H groups in total. The number of pyridine rings is 1. The molecule has 0 spiro atoms. The summed E-state index contributed by atoms with van der Waals surface area (Å²) in [6, 6.07) is 1.96. The first-order chi connectivity index (χ1) is 8.67. The Hall–Kier alpha value is -0.610. The minimum Gasteiger partial charge on any atom is -0.474 e. The van der Waals surface area contributed by atoms with E-state index in [0.29, 0.717) is 12.4 Å². The largest absolute Gasteiger partial charge is 0.474 e. The van der Waals surface area contributed by atoms with Crippen LogP contribution in [0.15, 0.2) is 16.7 Å². The number of nitrogens with two attached hydrogens (primary N) is 1. The summed E-state index contributed by atoms with van der Waals surface area (Å²) in [6.07, 6.45) is 8.07. The van der Waals surface area contributed by atoms with Gasteiger partial charge in [-0.3, -0.25) is 0 Å². The fraction of sp³-hybridized carbons (Fsp3) is 0.643. The molecule has 0 aliphatic heterocycles. The predicted octanol–water partition coefficient (Wildman–Crippen LogP) is 4.04. The Morgan fingerprint density at radius 3 is 2.83 bits per heavy atom. The van der Waals surface area contributed by atoms with Crippen LogP contribution >= 0.6 is 15.9 Å². The van der Waals surface area contributed by atoms with Crippen molar-refractivity contribution in [3.8, 4) is 5.88 Å². The standard InChI is InChI=1S/C14H23BrN2O/c1-3-4-5-6-7-11(2)18-14-12(9-16)8-13(15)10-17-14/h8,10-11H,3-7,9,16H2,1-2H3. The van der Waals surface area contributed by atoms with Gasteiger partial charge in [0, 0.05) is 22.8 Å². The van der Waals surface area contributed by atoms with Gasteiger partial charge in [0.25, 0.3) is 0 Å². The van der Waals surface area contributed by atoms with E-state index in [4.69, 9.17) is 10.5 Å². The fourth-order valence-corrected chi connectivity index (χ4v) is 2.21. The van der Waals surface area contributed by atoms with Gasteiger partial charge in [0.15, 0.2) is 0 Å². The molecule has 0 saturated heterocycles. The number of unbranched alkanes of at least 4 members (excludes halogenated alkanes) is 3. The zero-order valence-electron chi connectivity index (χ0n) is 11.3. The van der Waals surface area contributed by atoms with Gasteiger partial charge < -0.3 is 10.5 Å². The summed E-state index contributed by atoms with van der Waals surface area (Å²) in [7, 11) is 0. The molecule has 18 heavy (non-hydrogen) atoms. The van der Waals surface area contributed by atoms with E-state index < -0.39 is 0 Å². The lowest BCUT2D eigenvalue weighted by Crippen LogP contribution is -2.14. The molecule has 0 aromatic carbocycles. The first kappa shape index (κ1) is 15.4. The van der Waals surface area contributed by atoms with E-state index in [2.05, 4.69) is 34.8 Å². The highest BCUT2D eigenvalue weighted by Gasteiger charge is 2.09. The van der Waals surface area contributed by atoms with Crippen molar-refractivity contribution in [2.24, 2.45) is 5.73 Å². The molecule has 0 bridgehead atoms. The maximum Gasteiger partial charge on any atom is 0.218 e. The maximum absolute atomic E-state index is 5.86. The summed E-state index contributed by atoms with van der Waals surface area (Å²) < 4.78 is 6.80. The van der Waals surface area contributed by atoms with E-state index in [1.54, 1.807) is 6.20 Å². The Kier molecular flexibility index (Phi) is 7.28. The van der Waals surface area contributed by atoms with Crippen molar-refractivity contribution in [2.75, 3.05) is 0 Å². The van der Waals surface area contributed by atoms with Crippen LogP contribution in [0.5, 0.6) is 5.88 Å². The van der Waals surface area contributed by atoms with E-state index in [-0.39, 0.29) is 6.10 Å². The molecule has 1 atom stereocenters. The van der Waals surface area contributed by atoms with Gasteiger partial charge in [-0.2, -0.15) is 0 Å². The van der Waals surface area contributed by atoms with Gasteiger partial charge in [-0.15, -0.1) is 0 Å². The SMILES string of the molecule is CCCCCCC(C)Oc1ncc(Br)cc1CN. The molecule has 4 heteroatoms. The van der Waals surface area contributed by atoms with Crippen molar-refractivity contribution in [2.45, 2.75) is 58.6 Å². The first-order valence-electron chi connectivity index (χ1n) is 6.68. The number of aromatic nitrogens is 1. The smallest absolute Gasteiger partial charge is 0.218 e. The van der Waals surface area contributed by atoms with Crippen LogP contribution in [0.3, 0.4) is 0 Å². The summed E-state index contributed by atoms with van der Waals surface area (Å²) in [4.78, 5) is 4.28.